The Morgan fingerprint density at radius 1 is 1.09 bits per heavy atom. The van der Waals surface area contributed by atoms with Crippen LogP contribution in [0.25, 0.3) is 0 Å². The molecule has 0 unspecified atom stereocenters. The third kappa shape index (κ3) is 5.68. The highest BCUT2D eigenvalue weighted by molar-refractivity contribution is 5.74. The number of hydrogen-bond acceptors (Lipinski definition) is 2. The van der Waals surface area contributed by atoms with Crippen LogP contribution < -0.4 is 5.32 Å². The van der Waals surface area contributed by atoms with E-state index < -0.39 is 0 Å². The predicted octanol–water partition coefficient (Wildman–Crippen LogP) is 3.22. The first-order chi connectivity index (χ1) is 10.6. The van der Waals surface area contributed by atoms with Gasteiger partial charge in [0, 0.05) is 26.2 Å². The standard InChI is InChI=1S/C18H29N3O/c1-20(2)15-17-10-8-9-16(13-17)14-19-18(22)21-11-6-4-3-5-7-12-21/h8-10,13H,3-7,11-12,14-15H2,1-2H3,(H,19,22). The van der Waals surface area contributed by atoms with E-state index in [1.807, 2.05) is 4.90 Å². The molecule has 1 aromatic carbocycles. The number of carbonyl (C=O) groups excluding carboxylic acids is 1. The first-order valence-electron chi connectivity index (χ1n) is 8.40. The molecule has 2 rings (SSSR count). The third-order valence-electron chi connectivity index (χ3n) is 4.08. The molecule has 1 saturated heterocycles. The molecule has 1 aliphatic rings. The summed E-state index contributed by atoms with van der Waals surface area (Å²) in [6.45, 7) is 3.32. The fraction of sp³-hybridized carbons (Fsp3) is 0.611. The van der Waals surface area contributed by atoms with Crippen molar-refractivity contribution in [2.45, 2.75) is 45.2 Å². The molecule has 1 heterocycles. The SMILES string of the molecule is CN(C)Cc1cccc(CNC(=O)N2CCCCCCC2)c1. The second-order valence-corrected chi connectivity index (χ2v) is 6.47. The van der Waals surface area contributed by atoms with Gasteiger partial charge < -0.3 is 15.1 Å². The van der Waals surface area contributed by atoms with Crippen LogP contribution in [0.15, 0.2) is 24.3 Å². The van der Waals surface area contributed by atoms with Crippen molar-refractivity contribution in [3.8, 4) is 0 Å². The number of likely N-dealkylation sites (tertiary alicyclic amines) is 1. The summed E-state index contributed by atoms with van der Waals surface area (Å²) in [6.07, 6.45) is 6.07. The van der Waals surface area contributed by atoms with Gasteiger partial charge in [-0.1, -0.05) is 43.5 Å². The van der Waals surface area contributed by atoms with E-state index in [0.29, 0.717) is 6.54 Å². The van der Waals surface area contributed by atoms with Crippen LogP contribution in [0.4, 0.5) is 4.79 Å². The molecule has 0 radical (unpaired) electrons. The van der Waals surface area contributed by atoms with Crippen molar-refractivity contribution in [2.75, 3.05) is 27.2 Å². The molecule has 22 heavy (non-hydrogen) atoms. The fourth-order valence-corrected chi connectivity index (χ4v) is 2.94. The Morgan fingerprint density at radius 2 is 1.73 bits per heavy atom. The minimum atomic E-state index is 0.0833. The molecule has 0 spiro atoms. The Bertz CT molecular complexity index is 465. The van der Waals surface area contributed by atoms with Crippen LogP contribution in [0.1, 0.15) is 43.2 Å². The average molecular weight is 303 g/mol. The van der Waals surface area contributed by atoms with Gasteiger partial charge in [-0.25, -0.2) is 4.79 Å². The first kappa shape index (κ1) is 16.8. The van der Waals surface area contributed by atoms with Gasteiger partial charge in [0.2, 0.25) is 0 Å². The van der Waals surface area contributed by atoms with E-state index in [-0.39, 0.29) is 6.03 Å². The van der Waals surface area contributed by atoms with Crippen LogP contribution >= 0.6 is 0 Å². The number of benzene rings is 1. The number of rotatable bonds is 4. The molecule has 2 amide bonds. The van der Waals surface area contributed by atoms with Crippen LogP contribution in [-0.2, 0) is 13.1 Å². The molecule has 1 aliphatic heterocycles. The smallest absolute Gasteiger partial charge is 0.317 e. The Hall–Kier alpha value is -1.55. The van der Waals surface area contributed by atoms with Gasteiger partial charge in [-0.3, -0.25) is 0 Å². The topological polar surface area (TPSA) is 35.6 Å². The Balaban J connectivity index is 1.84. The quantitative estimate of drug-likeness (QED) is 0.927. The molecule has 4 nitrogen and oxygen atoms in total. The molecule has 122 valence electrons. The molecular formula is C18H29N3O. The molecular weight excluding hydrogens is 274 g/mol. The van der Waals surface area contributed by atoms with Crippen LogP contribution in [0, 0.1) is 0 Å². The van der Waals surface area contributed by atoms with Crippen molar-refractivity contribution >= 4 is 6.03 Å². The van der Waals surface area contributed by atoms with Gasteiger partial charge in [0.25, 0.3) is 0 Å². The molecule has 0 bridgehead atoms. The van der Waals surface area contributed by atoms with Crippen molar-refractivity contribution in [3.63, 3.8) is 0 Å². The van der Waals surface area contributed by atoms with Gasteiger partial charge in [-0.15, -0.1) is 0 Å². The molecule has 1 N–H and O–H groups in total. The zero-order valence-corrected chi connectivity index (χ0v) is 14.0. The summed E-state index contributed by atoms with van der Waals surface area (Å²) in [5, 5.41) is 3.07. The maximum Gasteiger partial charge on any atom is 0.317 e. The molecule has 0 aliphatic carbocycles. The second-order valence-electron chi connectivity index (χ2n) is 6.47. The zero-order chi connectivity index (χ0) is 15.8. The Morgan fingerprint density at radius 3 is 2.41 bits per heavy atom. The lowest BCUT2D eigenvalue weighted by Crippen LogP contribution is -2.41. The van der Waals surface area contributed by atoms with Crippen LogP contribution in [0.3, 0.4) is 0 Å². The molecule has 1 fully saturated rings. The van der Waals surface area contributed by atoms with E-state index in [9.17, 15) is 4.79 Å². The summed E-state index contributed by atoms with van der Waals surface area (Å²) >= 11 is 0. The number of nitrogens with zero attached hydrogens (tertiary/aromatic N) is 2. The summed E-state index contributed by atoms with van der Waals surface area (Å²) in [5.41, 5.74) is 2.45. The van der Waals surface area contributed by atoms with Crippen LogP contribution in [0.2, 0.25) is 0 Å². The summed E-state index contributed by atoms with van der Waals surface area (Å²) < 4.78 is 0. The maximum absolute atomic E-state index is 12.3. The number of amides is 2. The van der Waals surface area contributed by atoms with Crippen molar-refractivity contribution in [1.29, 1.82) is 0 Å². The number of hydrogen-bond donors (Lipinski definition) is 1. The summed E-state index contributed by atoms with van der Waals surface area (Å²) in [6, 6.07) is 8.53. The van der Waals surface area contributed by atoms with Crippen molar-refractivity contribution in [2.24, 2.45) is 0 Å². The number of urea groups is 1. The summed E-state index contributed by atoms with van der Waals surface area (Å²) in [7, 11) is 4.13. The number of carbonyl (C=O) groups is 1. The highest BCUT2D eigenvalue weighted by Crippen LogP contribution is 2.11. The van der Waals surface area contributed by atoms with Crippen LogP contribution in [0.5, 0.6) is 0 Å². The van der Waals surface area contributed by atoms with E-state index in [1.165, 1.54) is 30.4 Å². The van der Waals surface area contributed by atoms with Gasteiger partial charge in [-0.05, 0) is 38.1 Å². The predicted molar refractivity (Wildman–Crippen MR) is 90.7 cm³/mol. The van der Waals surface area contributed by atoms with Gasteiger partial charge in [0.1, 0.15) is 0 Å². The van der Waals surface area contributed by atoms with Gasteiger partial charge >= 0.3 is 6.03 Å². The Labute approximate surface area is 134 Å². The van der Waals surface area contributed by atoms with E-state index >= 15 is 0 Å². The van der Waals surface area contributed by atoms with E-state index in [4.69, 9.17) is 0 Å². The molecule has 4 heteroatoms. The number of nitrogens with one attached hydrogen (secondary N) is 1. The maximum atomic E-state index is 12.3. The largest absolute Gasteiger partial charge is 0.334 e. The lowest BCUT2D eigenvalue weighted by atomic mass is 10.1. The molecule has 0 saturated carbocycles. The normalized spacial score (nSPS) is 16.2. The molecule has 0 aromatic heterocycles. The van der Waals surface area contributed by atoms with Gasteiger partial charge in [0.15, 0.2) is 0 Å². The molecule has 0 atom stereocenters. The van der Waals surface area contributed by atoms with Crippen molar-refractivity contribution < 1.29 is 4.79 Å². The van der Waals surface area contributed by atoms with Crippen LogP contribution in [-0.4, -0.2) is 43.0 Å². The Kier molecular flexibility index (Phi) is 6.72. The summed E-state index contributed by atoms with van der Waals surface area (Å²) in [5.74, 6) is 0. The average Bonchev–Trinajstić information content (AvgIpc) is 2.44. The van der Waals surface area contributed by atoms with Crippen molar-refractivity contribution in [3.05, 3.63) is 35.4 Å². The fourth-order valence-electron chi connectivity index (χ4n) is 2.94. The van der Waals surface area contributed by atoms with E-state index in [0.717, 1.165) is 32.5 Å². The highest BCUT2D eigenvalue weighted by Gasteiger charge is 2.14. The van der Waals surface area contributed by atoms with E-state index in [1.54, 1.807) is 0 Å². The summed E-state index contributed by atoms with van der Waals surface area (Å²) in [4.78, 5) is 16.4. The molecule has 1 aromatic rings. The third-order valence-corrected chi connectivity index (χ3v) is 4.08. The second kappa shape index (κ2) is 8.79. The first-order valence-corrected chi connectivity index (χ1v) is 8.40. The highest BCUT2D eigenvalue weighted by atomic mass is 16.2. The minimum Gasteiger partial charge on any atom is -0.334 e. The monoisotopic (exact) mass is 303 g/mol. The lowest BCUT2D eigenvalue weighted by molar-refractivity contribution is 0.192. The minimum absolute atomic E-state index is 0.0833. The lowest BCUT2D eigenvalue weighted by Gasteiger charge is -2.25. The van der Waals surface area contributed by atoms with Crippen molar-refractivity contribution in [1.82, 2.24) is 15.1 Å². The van der Waals surface area contributed by atoms with E-state index in [2.05, 4.69) is 48.6 Å². The zero-order valence-electron chi connectivity index (χ0n) is 14.0. The van der Waals surface area contributed by atoms with Gasteiger partial charge in [0.05, 0.1) is 0 Å². The van der Waals surface area contributed by atoms with Gasteiger partial charge in [-0.2, -0.15) is 0 Å².